The molecule has 8 nitrogen and oxygen atoms in total. The van der Waals surface area contributed by atoms with Gasteiger partial charge in [0.25, 0.3) is 5.89 Å². The fourth-order valence-electron chi connectivity index (χ4n) is 2.46. The quantitative estimate of drug-likeness (QED) is 0.601. The molecule has 4 heterocycles. The molecule has 116 valence electrons. The predicted molar refractivity (Wildman–Crippen MR) is 85.8 cm³/mol. The molecular formula is C15H15N7O. The first kappa shape index (κ1) is 13.5. The van der Waals surface area contributed by atoms with E-state index in [4.69, 9.17) is 4.42 Å². The average molecular weight is 309 g/mol. The zero-order valence-electron chi connectivity index (χ0n) is 12.7. The molecule has 0 bridgehead atoms. The van der Waals surface area contributed by atoms with Gasteiger partial charge in [-0.2, -0.15) is 5.10 Å². The third kappa shape index (κ3) is 2.33. The van der Waals surface area contributed by atoms with E-state index in [0.717, 1.165) is 34.3 Å². The standard InChI is InChI=1S/C15H15N7O/c1-3-16-15-21-20-14(23-15)12-7-18-13-11(12)4-9(5-17-13)10-6-19-22(2)8-10/h4-8H,3H2,1-2H3,(H,16,21)(H,17,18). The monoisotopic (exact) mass is 309 g/mol. The maximum atomic E-state index is 5.63. The number of fused-ring (bicyclic) bond motifs is 1. The van der Waals surface area contributed by atoms with Gasteiger partial charge >= 0.3 is 6.01 Å². The van der Waals surface area contributed by atoms with Crippen molar-refractivity contribution in [2.24, 2.45) is 7.05 Å². The number of rotatable bonds is 4. The fourth-order valence-corrected chi connectivity index (χ4v) is 2.46. The van der Waals surface area contributed by atoms with E-state index in [9.17, 15) is 0 Å². The highest BCUT2D eigenvalue weighted by molar-refractivity contribution is 5.93. The Bertz CT molecular complexity index is 965. The number of aromatic nitrogens is 6. The second-order valence-electron chi connectivity index (χ2n) is 5.17. The number of H-pyrrole nitrogens is 1. The van der Waals surface area contributed by atoms with Crippen LogP contribution < -0.4 is 5.32 Å². The van der Waals surface area contributed by atoms with Gasteiger partial charge in [-0.15, -0.1) is 5.10 Å². The van der Waals surface area contributed by atoms with E-state index in [-0.39, 0.29) is 0 Å². The first-order valence-corrected chi connectivity index (χ1v) is 7.28. The third-order valence-corrected chi connectivity index (χ3v) is 3.55. The van der Waals surface area contributed by atoms with Crippen LogP contribution in [-0.4, -0.2) is 36.5 Å². The van der Waals surface area contributed by atoms with Crippen molar-refractivity contribution < 1.29 is 4.42 Å². The van der Waals surface area contributed by atoms with Crippen molar-refractivity contribution >= 4 is 17.0 Å². The number of anilines is 1. The zero-order valence-corrected chi connectivity index (χ0v) is 12.7. The molecule has 0 radical (unpaired) electrons. The van der Waals surface area contributed by atoms with E-state index in [1.165, 1.54) is 0 Å². The summed E-state index contributed by atoms with van der Waals surface area (Å²) in [5.41, 5.74) is 3.59. The largest absolute Gasteiger partial charge is 0.403 e. The van der Waals surface area contributed by atoms with Crippen molar-refractivity contribution in [1.82, 2.24) is 29.9 Å². The lowest BCUT2D eigenvalue weighted by Crippen LogP contribution is -1.95. The molecule has 4 aromatic rings. The summed E-state index contributed by atoms with van der Waals surface area (Å²) in [6, 6.07) is 2.45. The summed E-state index contributed by atoms with van der Waals surface area (Å²) in [4.78, 5) is 7.59. The van der Waals surface area contributed by atoms with E-state index in [0.29, 0.717) is 11.9 Å². The maximum Gasteiger partial charge on any atom is 0.315 e. The van der Waals surface area contributed by atoms with E-state index in [1.54, 1.807) is 4.68 Å². The molecule has 0 aliphatic heterocycles. The zero-order chi connectivity index (χ0) is 15.8. The Balaban J connectivity index is 1.80. The molecule has 0 aliphatic carbocycles. The number of pyridine rings is 1. The van der Waals surface area contributed by atoms with Gasteiger partial charge in [-0.25, -0.2) is 4.98 Å². The van der Waals surface area contributed by atoms with Crippen LogP contribution in [0.2, 0.25) is 0 Å². The van der Waals surface area contributed by atoms with Crippen LogP contribution in [-0.2, 0) is 7.05 Å². The fraction of sp³-hybridized carbons (Fsp3) is 0.200. The normalized spacial score (nSPS) is 11.2. The third-order valence-electron chi connectivity index (χ3n) is 3.55. The van der Waals surface area contributed by atoms with Gasteiger partial charge < -0.3 is 14.7 Å². The number of nitrogens with one attached hydrogen (secondary N) is 2. The molecule has 0 aromatic carbocycles. The lowest BCUT2D eigenvalue weighted by Gasteiger charge is -1.98. The minimum absolute atomic E-state index is 0.410. The van der Waals surface area contributed by atoms with Gasteiger partial charge in [-0.05, 0) is 13.0 Å². The van der Waals surface area contributed by atoms with Gasteiger partial charge in [0.1, 0.15) is 5.65 Å². The minimum Gasteiger partial charge on any atom is -0.403 e. The number of hydrogen-bond acceptors (Lipinski definition) is 6. The molecule has 0 saturated heterocycles. The highest BCUT2D eigenvalue weighted by atomic mass is 16.4. The van der Waals surface area contributed by atoms with E-state index < -0.39 is 0 Å². The van der Waals surface area contributed by atoms with Gasteiger partial charge in [-0.1, -0.05) is 5.10 Å². The van der Waals surface area contributed by atoms with Crippen molar-refractivity contribution in [2.45, 2.75) is 6.92 Å². The Morgan fingerprint density at radius 2 is 2.17 bits per heavy atom. The van der Waals surface area contributed by atoms with Gasteiger partial charge in [0.2, 0.25) is 0 Å². The van der Waals surface area contributed by atoms with Crippen LogP contribution >= 0.6 is 0 Å². The van der Waals surface area contributed by atoms with Crippen LogP contribution in [0, 0.1) is 0 Å². The van der Waals surface area contributed by atoms with Crippen LogP contribution in [0.25, 0.3) is 33.6 Å². The summed E-state index contributed by atoms with van der Waals surface area (Å²) < 4.78 is 7.39. The van der Waals surface area contributed by atoms with Crippen molar-refractivity contribution in [2.75, 3.05) is 11.9 Å². The van der Waals surface area contributed by atoms with Crippen molar-refractivity contribution in [3.63, 3.8) is 0 Å². The number of aromatic amines is 1. The summed E-state index contributed by atoms with van der Waals surface area (Å²) in [6.07, 6.45) is 7.40. The lowest BCUT2D eigenvalue weighted by atomic mass is 10.1. The molecule has 4 rings (SSSR count). The molecule has 0 amide bonds. The smallest absolute Gasteiger partial charge is 0.315 e. The topological polar surface area (TPSA) is 97.5 Å². The van der Waals surface area contributed by atoms with E-state index >= 15 is 0 Å². The minimum atomic E-state index is 0.410. The van der Waals surface area contributed by atoms with Crippen molar-refractivity contribution in [3.05, 3.63) is 30.9 Å². The van der Waals surface area contributed by atoms with Gasteiger partial charge in [-0.3, -0.25) is 4.68 Å². The van der Waals surface area contributed by atoms with Crippen LogP contribution in [0.1, 0.15) is 6.92 Å². The second-order valence-corrected chi connectivity index (χ2v) is 5.17. The summed E-state index contributed by atoms with van der Waals surface area (Å²) in [6.45, 7) is 2.70. The van der Waals surface area contributed by atoms with Gasteiger partial charge in [0.05, 0.1) is 11.8 Å². The Morgan fingerprint density at radius 1 is 1.26 bits per heavy atom. The molecule has 4 aromatic heterocycles. The first-order valence-electron chi connectivity index (χ1n) is 7.28. The number of nitrogens with zero attached hydrogens (tertiary/aromatic N) is 5. The Labute approximate surface area is 131 Å². The molecule has 8 heteroatoms. The highest BCUT2D eigenvalue weighted by Crippen LogP contribution is 2.30. The maximum absolute atomic E-state index is 5.63. The molecule has 0 aliphatic rings. The summed E-state index contributed by atoms with van der Waals surface area (Å²) >= 11 is 0. The molecule has 0 atom stereocenters. The van der Waals surface area contributed by atoms with Crippen molar-refractivity contribution in [1.29, 1.82) is 0 Å². The summed E-state index contributed by atoms with van der Waals surface area (Å²) in [5, 5.41) is 16.2. The van der Waals surface area contributed by atoms with Crippen LogP contribution in [0.15, 0.2) is 35.3 Å². The van der Waals surface area contributed by atoms with Crippen molar-refractivity contribution in [3.8, 4) is 22.6 Å². The molecule has 0 unspecified atom stereocenters. The Morgan fingerprint density at radius 3 is 2.96 bits per heavy atom. The van der Waals surface area contributed by atoms with E-state index in [2.05, 4.69) is 30.6 Å². The second kappa shape index (κ2) is 5.24. The van der Waals surface area contributed by atoms with Crippen LogP contribution in [0.5, 0.6) is 0 Å². The molecule has 0 fully saturated rings. The molecule has 0 spiro atoms. The summed E-state index contributed by atoms with van der Waals surface area (Å²) in [5.74, 6) is 0.456. The van der Waals surface area contributed by atoms with Crippen LogP contribution in [0.4, 0.5) is 6.01 Å². The first-order chi connectivity index (χ1) is 11.2. The average Bonchev–Trinajstić information content (AvgIpc) is 3.26. The SMILES string of the molecule is CCNc1nnc(-c2c[nH]c3ncc(-c4cnn(C)c4)cc23)o1. The van der Waals surface area contributed by atoms with Crippen LogP contribution in [0.3, 0.4) is 0 Å². The molecule has 0 saturated carbocycles. The molecular weight excluding hydrogens is 294 g/mol. The number of hydrogen-bond donors (Lipinski definition) is 2. The molecule has 23 heavy (non-hydrogen) atoms. The van der Waals surface area contributed by atoms with E-state index in [1.807, 2.05) is 44.8 Å². The lowest BCUT2D eigenvalue weighted by molar-refractivity contribution is 0.583. The molecule has 2 N–H and O–H groups in total. The Hall–Kier alpha value is -3.16. The Kier molecular flexibility index (Phi) is 3.07. The number of aryl methyl sites for hydroxylation is 1. The van der Waals surface area contributed by atoms with Gasteiger partial charge in [0.15, 0.2) is 0 Å². The highest BCUT2D eigenvalue weighted by Gasteiger charge is 2.15. The van der Waals surface area contributed by atoms with Gasteiger partial charge in [0, 0.05) is 48.7 Å². The summed E-state index contributed by atoms with van der Waals surface area (Å²) in [7, 11) is 1.89. The predicted octanol–water partition coefficient (Wildman–Crippen LogP) is 2.45.